The number of hydrogen-bond acceptors (Lipinski definition) is 5. The first kappa shape index (κ1) is 18.8. The van der Waals surface area contributed by atoms with Crippen molar-refractivity contribution in [1.82, 2.24) is 30.3 Å². The molecule has 154 valence electrons. The Hall–Kier alpha value is -4.20. The Kier molecular flexibility index (Phi) is 4.80. The van der Waals surface area contributed by atoms with E-state index < -0.39 is 0 Å². The fraction of sp³-hybridized carbons (Fsp3) is 0.130. The van der Waals surface area contributed by atoms with Gasteiger partial charge in [0, 0.05) is 35.4 Å². The third-order valence-corrected chi connectivity index (χ3v) is 5.22. The molecule has 0 aliphatic heterocycles. The van der Waals surface area contributed by atoms with Gasteiger partial charge in [-0.1, -0.05) is 11.3 Å². The van der Waals surface area contributed by atoms with E-state index in [2.05, 4.69) is 25.6 Å². The molecule has 8 nitrogen and oxygen atoms in total. The quantitative estimate of drug-likeness (QED) is 0.446. The molecule has 5 rings (SSSR count). The predicted molar refractivity (Wildman–Crippen MR) is 118 cm³/mol. The number of rotatable bonds is 6. The zero-order valence-corrected chi connectivity index (χ0v) is 16.9. The third kappa shape index (κ3) is 3.59. The minimum Gasteiger partial charge on any atom is -0.497 e. The van der Waals surface area contributed by atoms with Crippen molar-refractivity contribution in [3.8, 4) is 11.4 Å². The van der Waals surface area contributed by atoms with Crippen LogP contribution in [0.25, 0.3) is 27.8 Å². The lowest BCUT2D eigenvalue weighted by Gasteiger charge is -2.07. The van der Waals surface area contributed by atoms with E-state index in [0.717, 1.165) is 27.9 Å². The highest BCUT2D eigenvalue weighted by Gasteiger charge is 2.11. The van der Waals surface area contributed by atoms with E-state index in [-0.39, 0.29) is 5.91 Å². The van der Waals surface area contributed by atoms with Gasteiger partial charge in [-0.25, -0.2) is 4.98 Å². The lowest BCUT2D eigenvalue weighted by atomic mass is 10.1. The lowest BCUT2D eigenvalue weighted by molar-refractivity contribution is 0.0954. The zero-order chi connectivity index (χ0) is 21.2. The van der Waals surface area contributed by atoms with Gasteiger partial charge in [0.05, 0.1) is 12.8 Å². The number of carbonyl (C=O) groups is 1. The van der Waals surface area contributed by atoms with Crippen LogP contribution in [-0.2, 0) is 6.42 Å². The Bertz CT molecular complexity index is 1390. The molecule has 0 fully saturated rings. The van der Waals surface area contributed by atoms with Crippen molar-refractivity contribution in [1.29, 1.82) is 0 Å². The molecule has 0 spiro atoms. The number of hydrogen-bond donors (Lipinski definition) is 2. The number of benzene rings is 2. The highest BCUT2D eigenvalue weighted by atomic mass is 16.5. The van der Waals surface area contributed by atoms with Crippen LogP contribution in [0.4, 0.5) is 0 Å². The van der Waals surface area contributed by atoms with Gasteiger partial charge in [0.1, 0.15) is 11.3 Å². The SMILES string of the molecule is COc1ccc2[nH]cc(CCNC(=O)c3cccc(-n4nnc5cccnc54)c3)c2c1. The number of ether oxygens (including phenoxy) is 1. The summed E-state index contributed by atoms with van der Waals surface area (Å²) in [6.07, 6.45) is 4.37. The molecule has 0 saturated carbocycles. The maximum absolute atomic E-state index is 12.7. The summed E-state index contributed by atoms with van der Waals surface area (Å²) < 4.78 is 6.95. The van der Waals surface area contributed by atoms with Gasteiger partial charge in [0.15, 0.2) is 5.65 Å². The van der Waals surface area contributed by atoms with Crippen molar-refractivity contribution in [3.05, 3.63) is 78.1 Å². The molecule has 8 heteroatoms. The van der Waals surface area contributed by atoms with Crippen LogP contribution in [0.15, 0.2) is 67.0 Å². The molecule has 0 unspecified atom stereocenters. The Morgan fingerprint density at radius 3 is 3.00 bits per heavy atom. The minimum absolute atomic E-state index is 0.142. The Morgan fingerprint density at radius 1 is 1.16 bits per heavy atom. The Labute approximate surface area is 177 Å². The number of H-pyrrole nitrogens is 1. The molecule has 3 heterocycles. The van der Waals surface area contributed by atoms with Crippen LogP contribution in [0.2, 0.25) is 0 Å². The fourth-order valence-corrected chi connectivity index (χ4v) is 3.62. The highest BCUT2D eigenvalue weighted by molar-refractivity contribution is 5.95. The zero-order valence-electron chi connectivity index (χ0n) is 16.9. The smallest absolute Gasteiger partial charge is 0.251 e. The van der Waals surface area contributed by atoms with Crippen LogP contribution in [0.5, 0.6) is 5.75 Å². The van der Waals surface area contributed by atoms with E-state index in [9.17, 15) is 4.79 Å². The van der Waals surface area contributed by atoms with Gasteiger partial charge >= 0.3 is 0 Å². The van der Waals surface area contributed by atoms with Gasteiger partial charge in [0.2, 0.25) is 0 Å². The molecule has 0 aliphatic carbocycles. The number of nitrogens with zero attached hydrogens (tertiary/aromatic N) is 4. The van der Waals surface area contributed by atoms with Crippen molar-refractivity contribution in [2.45, 2.75) is 6.42 Å². The topological polar surface area (TPSA) is 97.7 Å². The van der Waals surface area contributed by atoms with E-state index in [4.69, 9.17) is 4.74 Å². The molecule has 2 N–H and O–H groups in total. The van der Waals surface area contributed by atoms with Crippen LogP contribution >= 0.6 is 0 Å². The summed E-state index contributed by atoms with van der Waals surface area (Å²) in [5, 5.41) is 12.4. The van der Waals surface area contributed by atoms with Gasteiger partial charge in [-0.15, -0.1) is 5.10 Å². The average Bonchev–Trinajstić information content (AvgIpc) is 3.43. The van der Waals surface area contributed by atoms with Crippen molar-refractivity contribution < 1.29 is 9.53 Å². The molecule has 1 amide bonds. The van der Waals surface area contributed by atoms with E-state index >= 15 is 0 Å². The second kappa shape index (κ2) is 7.91. The molecular formula is C23H20N6O2. The van der Waals surface area contributed by atoms with E-state index in [0.29, 0.717) is 29.7 Å². The predicted octanol–water partition coefficient (Wildman–Crippen LogP) is 3.28. The summed E-state index contributed by atoms with van der Waals surface area (Å²) in [4.78, 5) is 20.3. The van der Waals surface area contributed by atoms with Crippen LogP contribution in [0.1, 0.15) is 15.9 Å². The number of amides is 1. The standard InChI is InChI=1S/C23H20N6O2/c1-31-18-7-8-20-19(13-18)16(14-26-20)9-11-25-23(30)15-4-2-5-17(12-15)29-22-21(27-28-29)6-3-10-24-22/h2-8,10,12-14,26H,9,11H2,1H3,(H,25,30). The van der Waals surface area contributed by atoms with Gasteiger partial charge in [0.25, 0.3) is 5.91 Å². The molecular weight excluding hydrogens is 392 g/mol. The van der Waals surface area contributed by atoms with Crippen LogP contribution in [0.3, 0.4) is 0 Å². The molecule has 0 bridgehead atoms. The van der Waals surface area contributed by atoms with E-state index in [1.54, 1.807) is 30.1 Å². The van der Waals surface area contributed by atoms with Gasteiger partial charge in [-0.3, -0.25) is 4.79 Å². The number of carbonyl (C=O) groups excluding carboxylic acids is 1. The molecule has 2 aromatic carbocycles. The van der Waals surface area contributed by atoms with Crippen molar-refractivity contribution in [2.24, 2.45) is 0 Å². The average molecular weight is 412 g/mol. The summed E-state index contributed by atoms with van der Waals surface area (Å²) in [5.74, 6) is 0.668. The number of nitrogens with one attached hydrogen (secondary N) is 2. The Balaban J connectivity index is 1.30. The van der Waals surface area contributed by atoms with E-state index in [1.807, 2.05) is 48.7 Å². The minimum atomic E-state index is -0.142. The normalized spacial score (nSPS) is 11.1. The van der Waals surface area contributed by atoms with Gasteiger partial charge in [-0.2, -0.15) is 4.68 Å². The molecule has 0 saturated heterocycles. The Morgan fingerprint density at radius 2 is 2.10 bits per heavy atom. The number of aromatic amines is 1. The summed E-state index contributed by atoms with van der Waals surface area (Å²) >= 11 is 0. The first-order chi connectivity index (χ1) is 15.2. The summed E-state index contributed by atoms with van der Waals surface area (Å²) in [6, 6.07) is 16.8. The van der Waals surface area contributed by atoms with Gasteiger partial charge < -0.3 is 15.0 Å². The van der Waals surface area contributed by atoms with Gasteiger partial charge in [-0.05, 0) is 60.5 Å². The summed E-state index contributed by atoms with van der Waals surface area (Å²) in [5.41, 5.74) is 4.81. The number of aromatic nitrogens is 5. The number of fused-ring (bicyclic) bond motifs is 2. The molecule has 0 atom stereocenters. The fourth-order valence-electron chi connectivity index (χ4n) is 3.62. The second-order valence-corrected chi connectivity index (χ2v) is 7.13. The molecule has 0 aliphatic rings. The van der Waals surface area contributed by atoms with Crippen LogP contribution < -0.4 is 10.1 Å². The monoisotopic (exact) mass is 412 g/mol. The van der Waals surface area contributed by atoms with Crippen LogP contribution in [-0.4, -0.2) is 44.5 Å². The summed E-state index contributed by atoms with van der Waals surface area (Å²) in [6.45, 7) is 0.515. The molecule has 0 radical (unpaired) electrons. The first-order valence-electron chi connectivity index (χ1n) is 9.92. The van der Waals surface area contributed by atoms with Crippen LogP contribution in [0, 0.1) is 0 Å². The maximum Gasteiger partial charge on any atom is 0.251 e. The number of pyridine rings is 1. The molecule has 5 aromatic rings. The van der Waals surface area contributed by atoms with E-state index in [1.165, 1.54) is 0 Å². The highest BCUT2D eigenvalue weighted by Crippen LogP contribution is 2.23. The molecule has 3 aromatic heterocycles. The maximum atomic E-state index is 12.7. The first-order valence-corrected chi connectivity index (χ1v) is 9.92. The second-order valence-electron chi connectivity index (χ2n) is 7.13. The molecule has 31 heavy (non-hydrogen) atoms. The van der Waals surface area contributed by atoms with Crippen molar-refractivity contribution in [2.75, 3.05) is 13.7 Å². The largest absolute Gasteiger partial charge is 0.497 e. The number of methoxy groups -OCH3 is 1. The summed E-state index contributed by atoms with van der Waals surface area (Å²) in [7, 11) is 1.65. The lowest BCUT2D eigenvalue weighted by Crippen LogP contribution is -2.25. The third-order valence-electron chi connectivity index (χ3n) is 5.22. The van der Waals surface area contributed by atoms with Crippen molar-refractivity contribution in [3.63, 3.8) is 0 Å². The van der Waals surface area contributed by atoms with Crippen molar-refractivity contribution >= 4 is 28.0 Å².